The monoisotopic (exact) mass is 384 g/mol. The van der Waals surface area contributed by atoms with Crippen LogP contribution in [-0.2, 0) is 20.7 Å². The molecule has 28 heavy (non-hydrogen) atoms. The van der Waals surface area contributed by atoms with Gasteiger partial charge in [-0.3, -0.25) is 4.79 Å². The van der Waals surface area contributed by atoms with Crippen LogP contribution in [0.4, 0.5) is 0 Å². The molecule has 1 fully saturated rings. The van der Waals surface area contributed by atoms with Crippen molar-refractivity contribution in [1.29, 1.82) is 0 Å². The first-order valence-electron chi connectivity index (χ1n) is 9.20. The minimum Gasteiger partial charge on any atom is -0.469 e. The van der Waals surface area contributed by atoms with Crippen molar-refractivity contribution in [3.8, 4) is 23.0 Å². The topological polar surface area (TPSA) is 72.5 Å². The van der Waals surface area contributed by atoms with Crippen molar-refractivity contribution >= 4 is 5.97 Å². The minimum atomic E-state index is -0.407. The zero-order valence-electron chi connectivity index (χ0n) is 15.4. The van der Waals surface area contributed by atoms with Crippen molar-refractivity contribution in [2.75, 3.05) is 27.3 Å². The van der Waals surface area contributed by atoms with E-state index in [1.54, 1.807) is 0 Å². The Labute approximate surface area is 162 Å². The molecule has 3 aliphatic rings. The summed E-state index contributed by atoms with van der Waals surface area (Å²) in [4.78, 5) is 12.6. The van der Waals surface area contributed by atoms with Gasteiger partial charge in [-0.2, -0.15) is 0 Å². The number of carbonyl (C=O) groups is 1. The fourth-order valence-electron chi connectivity index (χ4n) is 4.08. The molecule has 0 unspecified atom stereocenters. The van der Waals surface area contributed by atoms with Crippen LogP contribution in [0, 0.1) is 11.8 Å². The van der Waals surface area contributed by atoms with Crippen LogP contribution < -0.4 is 18.9 Å². The fourth-order valence-corrected chi connectivity index (χ4v) is 4.08. The molecule has 3 atom stereocenters. The molecule has 0 N–H and O–H groups in total. The highest BCUT2D eigenvalue weighted by Crippen LogP contribution is 2.44. The largest absolute Gasteiger partial charge is 0.469 e. The molecule has 2 aromatic carbocycles. The molecule has 0 amide bonds. The first-order chi connectivity index (χ1) is 13.7. The van der Waals surface area contributed by atoms with Crippen LogP contribution in [0.1, 0.15) is 17.2 Å². The van der Waals surface area contributed by atoms with Crippen LogP contribution in [0.15, 0.2) is 36.4 Å². The summed E-state index contributed by atoms with van der Waals surface area (Å²) in [5.74, 6) is 2.16. The highest BCUT2D eigenvalue weighted by Gasteiger charge is 2.44. The summed E-state index contributed by atoms with van der Waals surface area (Å²) in [6.45, 7) is 0.910. The van der Waals surface area contributed by atoms with Gasteiger partial charge >= 0.3 is 5.97 Å². The summed E-state index contributed by atoms with van der Waals surface area (Å²) in [5, 5.41) is 0. The highest BCUT2D eigenvalue weighted by molar-refractivity contribution is 5.74. The first kappa shape index (κ1) is 17.2. The number of esters is 1. The van der Waals surface area contributed by atoms with E-state index in [1.165, 1.54) is 7.11 Å². The Morgan fingerprint density at radius 2 is 1.64 bits per heavy atom. The summed E-state index contributed by atoms with van der Waals surface area (Å²) in [5.41, 5.74) is 1.95. The second-order valence-electron chi connectivity index (χ2n) is 7.07. The van der Waals surface area contributed by atoms with Gasteiger partial charge in [-0.25, -0.2) is 0 Å². The zero-order valence-corrected chi connectivity index (χ0v) is 15.4. The van der Waals surface area contributed by atoms with Gasteiger partial charge in [0.25, 0.3) is 0 Å². The molecule has 3 aliphatic heterocycles. The number of methoxy groups -OCH3 is 1. The van der Waals surface area contributed by atoms with Gasteiger partial charge in [0.15, 0.2) is 23.0 Å². The third-order valence-corrected chi connectivity index (χ3v) is 5.46. The molecule has 0 radical (unpaired) electrons. The summed E-state index contributed by atoms with van der Waals surface area (Å²) in [7, 11) is 1.41. The molecule has 3 heterocycles. The Morgan fingerprint density at radius 1 is 0.964 bits per heavy atom. The molecule has 0 spiro atoms. The van der Waals surface area contributed by atoms with Gasteiger partial charge in [0, 0.05) is 5.92 Å². The Kier molecular flexibility index (Phi) is 4.24. The van der Waals surface area contributed by atoms with E-state index in [1.807, 2.05) is 36.4 Å². The zero-order chi connectivity index (χ0) is 19.1. The lowest BCUT2D eigenvalue weighted by atomic mass is 9.83. The molecule has 0 aliphatic carbocycles. The predicted octanol–water partition coefficient (Wildman–Crippen LogP) is 2.86. The SMILES string of the molecule is COC(=O)[C@@H]1[C@H](Cc2ccc3c(c2)OCO3)CO[C@H]1c1ccc2c(c1)OCO2. The average molecular weight is 384 g/mol. The highest BCUT2D eigenvalue weighted by atomic mass is 16.7. The lowest BCUT2D eigenvalue weighted by Gasteiger charge is -2.21. The van der Waals surface area contributed by atoms with Crippen molar-refractivity contribution in [3.05, 3.63) is 47.5 Å². The smallest absolute Gasteiger partial charge is 0.312 e. The third kappa shape index (κ3) is 2.92. The normalized spacial score (nSPS) is 24.4. The van der Waals surface area contributed by atoms with E-state index < -0.39 is 5.92 Å². The van der Waals surface area contributed by atoms with Crippen molar-refractivity contribution in [2.45, 2.75) is 12.5 Å². The Morgan fingerprint density at radius 3 is 2.39 bits per heavy atom. The van der Waals surface area contributed by atoms with Gasteiger partial charge in [-0.05, 0) is 41.8 Å². The van der Waals surface area contributed by atoms with Gasteiger partial charge in [-0.15, -0.1) is 0 Å². The number of carbonyl (C=O) groups excluding carboxylic acids is 1. The summed E-state index contributed by atoms with van der Waals surface area (Å²) in [6, 6.07) is 11.5. The maximum Gasteiger partial charge on any atom is 0.312 e. The first-order valence-corrected chi connectivity index (χ1v) is 9.20. The minimum absolute atomic E-state index is 0.0109. The van der Waals surface area contributed by atoms with E-state index in [2.05, 4.69) is 0 Å². The summed E-state index contributed by atoms with van der Waals surface area (Å²) < 4.78 is 32.8. The molecule has 1 saturated heterocycles. The number of hydrogen-bond donors (Lipinski definition) is 0. The fraction of sp³-hybridized carbons (Fsp3) is 0.381. The lowest BCUT2D eigenvalue weighted by molar-refractivity contribution is -0.148. The quantitative estimate of drug-likeness (QED) is 0.751. The molecule has 0 saturated carbocycles. The molecule has 5 rings (SSSR count). The summed E-state index contributed by atoms with van der Waals surface area (Å²) in [6.07, 6.45) is 0.290. The number of rotatable bonds is 4. The molecule has 146 valence electrons. The molecule has 7 heteroatoms. The van der Waals surface area contributed by atoms with Crippen LogP contribution in [-0.4, -0.2) is 33.3 Å². The number of ether oxygens (including phenoxy) is 6. The van der Waals surface area contributed by atoms with E-state index in [0.29, 0.717) is 24.5 Å². The van der Waals surface area contributed by atoms with Crippen molar-refractivity contribution in [3.63, 3.8) is 0 Å². The van der Waals surface area contributed by atoms with Gasteiger partial charge in [0.1, 0.15) is 0 Å². The molecular weight excluding hydrogens is 364 g/mol. The van der Waals surface area contributed by atoms with Crippen LogP contribution in [0.5, 0.6) is 23.0 Å². The number of fused-ring (bicyclic) bond motifs is 2. The van der Waals surface area contributed by atoms with Gasteiger partial charge in [0.2, 0.25) is 13.6 Å². The maximum absolute atomic E-state index is 12.6. The van der Waals surface area contributed by atoms with Crippen molar-refractivity contribution < 1.29 is 33.2 Å². The van der Waals surface area contributed by atoms with Gasteiger partial charge < -0.3 is 28.4 Å². The van der Waals surface area contributed by atoms with Gasteiger partial charge in [0.05, 0.1) is 25.7 Å². The Hall–Kier alpha value is -2.93. The molecule has 0 aromatic heterocycles. The predicted molar refractivity (Wildman–Crippen MR) is 96.5 cm³/mol. The second-order valence-corrected chi connectivity index (χ2v) is 7.07. The molecule has 7 nitrogen and oxygen atoms in total. The van der Waals surface area contributed by atoms with E-state index in [9.17, 15) is 4.79 Å². The molecular formula is C21H20O7. The van der Waals surface area contributed by atoms with Crippen LogP contribution in [0.2, 0.25) is 0 Å². The number of hydrogen-bond acceptors (Lipinski definition) is 7. The van der Waals surface area contributed by atoms with Gasteiger partial charge in [-0.1, -0.05) is 12.1 Å². The third-order valence-electron chi connectivity index (χ3n) is 5.46. The Balaban J connectivity index is 1.40. The summed E-state index contributed by atoms with van der Waals surface area (Å²) >= 11 is 0. The van der Waals surface area contributed by atoms with Crippen molar-refractivity contribution in [1.82, 2.24) is 0 Å². The van der Waals surface area contributed by atoms with Crippen LogP contribution in [0.25, 0.3) is 0 Å². The number of benzene rings is 2. The van der Waals surface area contributed by atoms with Crippen LogP contribution >= 0.6 is 0 Å². The Bertz CT molecular complexity index is 910. The standard InChI is InChI=1S/C21H20O7/c1-23-21(22)19-14(6-12-2-4-15-17(7-12)27-10-25-15)9-24-20(19)13-3-5-16-18(8-13)28-11-26-16/h2-5,7-8,14,19-20H,6,9-11H2,1H3/t14-,19-,20+/m1/s1. The van der Waals surface area contributed by atoms with E-state index >= 15 is 0 Å². The maximum atomic E-state index is 12.6. The van der Waals surface area contributed by atoms with Crippen molar-refractivity contribution in [2.24, 2.45) is 11.8 Å². The van der Waals surface area contributed by atoms with Crippen LogP contribution in [0.3, 0.4) is 0 Å². The molecule has 2 aromatic rings. The van der Waals surface area contributed by atoms with E-state index in [-0.39, 0.29) is 31.6 Å². The second kappa shape index (κ2) is 6.91. The van der Waals surface area contributed by atoms with E-state index in [4.69, 9.17) is 28.4 Å². The van der Waals surface area contributed by atoms with E-state index in [0.717, 1.165) is 22.6 Å². The average Bonchev–Trinajstić information content (AvgIpc) is 3.45. The molecule has 0 bridgehead atoms. The lowest BCUT2D eigenvalue weighted by Crippen LogP contribution is -2.27.